The number of amides is 2. The fourth-order valence-corrected chi connectivity index (χ4v) is 3.09. The third kappa shape index (κ3) is 4.97. The predicted octanol–water partition coefficient (Wildman–Crippen LogP) is 2.47. The Labute approximate surface area is 157 Å². The monoisotopic (exact) mass is 371 g/mol. The molecule has 1 saturated heterocycles. The Hall–Kier alpha value is -3.09. The van der Waals surface area contributed by atoms with E-state index in [4.69, 9.17) is 10.5 Å². The van der Waals surface area contributed by atoms with Gasteiger partial charge in [-0.25, -0.2) is 4.39 Å². The zero-order valence-electron chi connectivity index (χ0n) is 14.9. The largest absolute Gasteiger partial charge is 0.484 e. The average molecular weight is 371 g/mol. The van der Waals surface area contributed by atoms with Crippen LogP contribution in [0.2, 0.25) is 0 Å². The predicted molar refractivity (Wildman–Crippen MR) is 101 cm³/mol. The number of nitrogens with two attached hydrogens (primary N) is 1. The summed E-state index contributed by atoms with van der Waals surface area (Å²) >= 11 is 0. The Bertz CT molecular complexity index is 818. The second kappa shape index (κ2) is 8.53. The van der Waals surface area contributed by atoms with Crippen molar-refractivity contribution < 1.29 is 18.7 Å². The topological polar surface area (TPSA) is 84.7 Å². The van der Waals surface area contributed by atoms with Crippen LogP contribution in [-0.2, 0) is 16.0 Å². The van der Waals surface area contributed by atoms with Crippen LogP contribution in [0.3, 0.4) is 0 Å². The van der Waals surface area contributed by atoms with E-state index in [0.717, 1.165) is 31.5 Å². The number of anilines is 2. The van der Waals surface area contributed by atoms with Gasteiger partial charge in [-0.15, -0.1) is 0 Å². The first-order valence-electron chi connectivity index (χ1n) is 8.86. The lowest BCUT2D eigenvalue weighted by Gasteiger charge is -2.22. The van der Waals surface area contributed by atoms with Crippen molar-refractivity contribution in [1.29, 1.82) is 0 Å². The number of hydrogen-bond donors (Lipinski definition) is 2. The number of benzene rings is 2. The SMILES string of the molecule is NC(=O)Cc1ccc(OCC(=O)Nc2c(F)cccc2N2CCCC2)cc1. The number of nitrogens with one attached hydrogen (secondary N) is 1. The first kappa shape index (κ1) is 18.7. The van der Waals surface area contributed by atoms with Crippen molar-refractivity contribution in [3.63, 3.8) is 0 Å². The van der Waals surface area contributed by atoms with Crippen LogP contribution in [-0.4, -0.2) is 31.5 Å². The fourth-order valence-electron chi connectivity index (χ4n) is 3.09. The summed E-state index contributed by atoms with van der Waals surface area (Å²) in [5.41, 5.74) is 6.79. The molecule has 2 aromatic rings. The van der Waals surface area contributed by atoms with Gasteiger partial charge in [-0.1, -0.05) is 18.2 Å². The lowest BCUT2D eigenvalue weighted by molar-refractivity contribution is -0.118. The Morgan fingerprint density at radius 3 is 2.48 bits per heavy atom. The lowest BCUT2D eigenvalue weighted by atomic mass is 10.1. The first-order chi connectivity index (χ1) is 13.0. The van der Waals surface area contributed by atoms with E-state index < -0.39 is 17.6 Å². The second-order valence-electron chi connectivity index (χ2n) is 6.45. The molecule has 0 bridgehead atoms. The summed E-state index contributed by atoms with van der Waals surface area (Å²) in [5.74, 6) is -0.848. The van der Waals surface area contributed by atoms with E-state index in [-0.39, 0.29) is 18.7 Å². The molecule has 7 heteroatoms. The Balaban J connectivity index is 1.60. The number of nitrogens with zero attached hydrogens (tertiary/aromatic N) is 1. The van der Waals surface area contributed by atoms with Crippen molar-refractivity contribution in [1.82, 2.24) is 0 Å². The Morgan fingerprint density at radius 1 is 1.11 bits per heavy atom. The van der Waals surface area contributed by atoms with Gasteiger partial charge in [0.1, 0.15) is 17.3 Å². The average Bonchev–Trinajstić information content (AvgIpc) is 3.17. The highest BCUT2D eigenvalue weighted by atomic mass is 19.1. The quantitative estimate of drug-likeness (QED) is 0.783. The summed E-state index contributed by atoms with van der Waals surface area (Å²) in [7, 11) is 0. The molecule has 1 fully saturated rings. The van der Waals surface area contributed by atoms with Crippen molar-refractivity contribution >= 4 is 23.2 Å². The zero-order chi connectivity index (χ0) is 19.2. The molecular formula is C20H22FN3O3. The van der Waals surface area contributed by atoms with E-state index in [1.807, 2.05) is 6.07 Å². The normalized spacial score (nSPS) is 13.4. The van der Waals surface area contributed by atoms with E-state index in [1.165, 1.54) is 6.07 Å². The first-order valence-corrected chi connectivity index (χ1v) is 8.86. The molecule has 0 atom stereocenters. The Kier molecular flexibility index (Phi) is 5.90. The van der Waals surface area contributed by atoms with Crippen molar-refractivity contribution in [3.8, 4) is 5.75 Å². The molecule has 142 valence electrons. The molecule has 2 amide bonds. The lowest BCUT2D eigenvalue weighted by Crippen LogP contribution is -2.24. The number of carbonyl (C=O) groups is 2. The highest BCUT2D eigenvalue weighted by Gasteiger charge is 2.19. The van der Waals surface area contributed by atoms with Crippen LogP contribution in [0.4, 0.5) is 15.8 Å². The number of primary amides is 1. The van der Waals surface area contributed by atoms with E-state index >= 15 is 0 Å². The number of hydrogen-bond acceptors (Lipinski definition) is 4. The molecule has 0 unspecified atom stereocenters. The zero-order valence-corrected chi connectivity index (χ0v) is 14.9. The minimum absolute atomic E-state index is 0.146. The summed E-state index contributed by atoms with van der Waals surface area (Å²) in [4.78, 5) is 25.2. The standard InChI is InChI=1S/C20H22FN3O3/c21-16-4-3-5-17(24-10-1-2-11-24)20(16)23-19(26)13-27-15-8-6-14(7-9-15)12-18(22)25/h3-9H,1-2,10-13H2,(H2,22,25)(H,23,26). The summed E-state index contributed by atoms with van der Waals surface area (Å²) in [6, 6.07) is 11.5. The minimum atomic E-state index is -0.469. The van der Waals surface area contributed by atoms with Crippen LogP contribution in [0, 0.1) is 5.82 Å². The number of ether oxygens (including phenoxy) is 1. The smallest absolute Gasteiger partial charge is 0.262 e. The van der Waals surface area contributed by atoms with E-state index in [9.17, 15) is 14.0 Å². The molecular weight excluding hydrogens is 349 g/mol. The summed E-state index contributed by atoms with van der Waals surface area (Å²) in [5, 5.41) is 2.62. The van der Waals surface area contributed by atoms with Gasteiger partial charge < -0.3 is 20.7 Å². The van der Waals surface area contributed by atoms with Gasteiger partial charge in [0.25, 0.3) is 5.91 Å². The van der Waals surface area contributed by atoms with Crippen molar-refractivity contribution in [3.05, 3.63) is 53.8 Å². The van der Waals surface area contributed by atoms with Crippen LogP contribution in [0.5, 0.6) is 5.75 Å². The maximum atomic E-state index is 14.3. The van der Waals surface area contributed by atoms with Gasteiger partial charge in [0.2, 0.25) is 5.91 Å². The summed E-state index contributed by atoms with van der Waals surface area (Å²) in [6.07, 6.45) is 2.25. The maximum absolute atomic E-state index is 14.3. The van der Waals surface area contributed by atoms with E-state index in [1.54, 1.807) is 30.3 Å². The van der Waals surface area contributed by atoms with Crippen molar-refractivity contribution in [2.75, 3.05) is 29.9 Å². The molecule has 6 nitrogen and oxygen atoms in total. The van der Waals surface area contributed by atoms with Gasteiger partial charge in [-0.3, -0.25) is 9.59 Å². The van der Waals surface area contributed by atoms with Gasteiger partial charge in [-0.05, 0) is 42.7 Å². The molecule has 3 N–H and O–H groups in total. The van der Waals surface area contributed by atoms with Crippen LogP contribution < -0.4 is 20.7 Å². The third-order valence-corrected chi connectivity index (χ3v) is 4.37. The van der Waals surface area contributed by atoms with Gasteiger partial charge in [0.05, 0.1) is 12.1 Å². The van der Waals surface area contributed by atoms with Gasteiger partial charge in [0, 0.05) is 13.1 Å². The van der Waals surface area contributed by atoms with Crippen LogP contribution in [0.15, 0.2) is 42.5 Å². The maximum Gasteiger partial charge on any atom is 0.262 e. The van der Waals surface area contributed by atoms with Crippen molar-refractivity contribution in [2.45, 2.75) is 19.3 Å². The fraction of sp³-hybridized carbons (Fsp3) is 0.300. The van der Waals surface area contributed by atoms with Crippen LogP contribution >= 0.6 is 0 Å². The van der Waals surface area contributed by atoms with E-state index in [0.29, 0.717) is 11.4 Å². The molecule has 0 spiro atoms. The number of halogens is 1. The molecule has 27 heavy (non-hydrogen) atoms. The minimum Gasteiger partial charge on any atom is -0.484 e. The molecule has 1 aliphatic heterocycles. The second-order valence-corrected chi connectivity index (χ2v) is 6.45. The molecule has 1 aliphatic rings. The molecule has 0 radical (unpaired) electrons. The van der Waals surface area contributed by atoms with E-state index in [2.05, 4.69) is 10.2 Å². The summed E-state index contributed by atoms with van der Waals surface area (Å²) < 4.78 is 19.7. The number of carbonyl (C=O) groups excluding carboxylic acids is 2. The van der Waals surface area contributed by atoms with Crippen molar-refractivity contribution in [2.24, 2.45) is 5.73 Å². The molecule has 2 aromatic carbocycles. The highest BCUT2D eigenvalue weighted by Crippen LogP contribution is 2.31. The molecule has 0 saturated carbocycles. The Morgan fingerprint density at radius 2 is 1.81 bits per heavy atom. The molecule has 1 heterocycles. The van der Waals surface area contributed by atoms with Crippen LogP contribution in [0.1, 0.15) is 18.4 Å². The third-order valence-electron chi connectivity index (χ3n) is 4.37. The van der Waals surface area contributed by atoms with Crippen LogP contribution in [0.25, 0.3) is 0 Å². The van der Waals surface area contributed by atoms with Gasteiger partial charge in [0.15, 0.2) is 6.61 Å². The van der Waals surface area contributed by atoms with Gasteiger partial charge >= 0.3 is 0 Å². The molecule has 0 aromatic heterocycles. The van der Waals surface area contributed by atoms with Gasteiger partial charge in [-0.2, -0.15) is 0 Å². The molecule has 0 aliphatic carbocycles. The molecule has 3 rings (SSSR count). The number of rotatable bonds is 7. The number of para-hydroxylation sites is 1. The highest BCUT2D eigenvalue weighted by molar-refractivity contribution is 5.95. The summed E-state index contributed by atoms with van der Waals surface area (Å²) in [6.45, 7) is 1.45.